The number of carbonyl (C=O) groups excluding carboxylic acids is 1. The van der Waals surface area contributed by atoms with Crippen molar-refractivity contribution in [3.63, 3.8) is 0 Å². The Labute approximate surface area is 360 Å². The maximum absolute atomic E-state index is 13.5. The van der Waals surface area contributed by atoms with Crippen LogP contribution < -0.4 is 14.7 Å². The van der Waals surface area contributed by atoms with Crippen molar-refractivity contribution < 1.29 is 4.79 Å². The van der Waals surface area contributed by atoms with Gasteiger partial charge in [0.25, 0.3) is 0 Å². The van der Waals surface area contributed by atoms with Crippen molar-refractivity contribution in [3.8, 4) is 0 Å². The van der Waals surface area contributed by atoms with E-state index in [9.17, 15) is 4.79 Å². The summed E-state index contributed by atoms with van der Waals surface area (Å²) in [6, 6.07) is 67.4. The van der Waals surface area contributed by atoms with E-state index in [1.54, 1.807) is 18.7 Å². The summed E-state index contributed by atoms with van der Waals surface area (Å²) in [6.45, 7) is 10.8. The van der Waals surface area contributed by atoms with Crippen LogP contribution in [-0.2, 0) is 35.7 Å². The van der Waals surface area contributed by atoms with E-state index in [0.717, 1.165) is 78.7 Å². The molecule has 0 fully saturated rings. The molecule has 1 aliphatic rings. The van der Waals surface area contributed by atoms with Crippen LogP contribution in [0.2, 0.25) is 0 Å². The van der Waals surface area contributed by atoms with E-state index in [0.29, 0.717) is 5.04 Å². The van der Waals surface area contributed by atoms with Crippen molar-refractivity contribution in [2.24, 2.45) is 4.99 Å². The molecule has 0 aliphatic carbocycles. The summed E-state index contributed by atoms with van der Waals surface area (Å²) in [5.41, 5.74) is 12.5. The van der Waals surface area contributed by atoms with Crippen molar-refractivity contribution in [2.75, 3.05) is 27.8 Å². The Hall–Kier alpha value is -6.37. The first-order valence-corrected chi connectivity index (χ1v) is 21.8. The highest BCUT2D eigenvalue weighted by atomic mass is 32.2. The van der Waals surface area contributed by atoms with Crippen molar-refractivity contribution >= 4 is 45.3 Å². The number of anilines is 3. The molecule has 60 heavy (non-hydrogen) atoms. The van der Waals surface area contributed by atoms with Gasteiger partial charge in [-0.1, -0.05) is 163 Å². The number of aliphatic imine (C=N–C) groups is 1. The predicted octanol–water partition coefficient (Wildman–Crippen LogP) is 12.6. The summed E-state index contributed by atoms with van der Waals surface area (Å²) in [5.74, 6) is -0.0368. The van der Waals surface area contributed by atoms with Gasteiger partial charge in [-0.3, -0.25) is 4.79 Å². The van der Waals surface area contributed by atoms with Gasteiger partial charge >= 0.3 is 0 Å². The molecule has 5 nitrogen and oxygen atoms in total. The minimum atomic E-state index is -0.746. The van der Waals surface area contributed by atoms with E-state index < -0.39 is 4.75 Å². The van der Waals surface area contributed by atoms with Crippen LogP contribution in [0.4, 0.5) is 22.7 Å². The molecular weight excluding hydrogens is 753 g/mol. The summed E-state index contributed by atoms with van der Waals surface area (Å²) < 4.78 is -0.746. The fraction of sp³-hybridized carbons (Fsp3) is 0.185. The molecule has 6 heteroatoms. The minimum Gasteiger partial charge on any atom is -0.372 e. The number of nitrogens with zero attached hydrogens (tertiary/aromatic N) is 4. The molecule has 0 unspecified atom stereocenters. The third-order valence-electron chi connectivity index (χ3n) is 11.4. The van der Waals surface area contributed by atoms with Crippen molar-refractivity contribution in [1.29, 1.82) is 0 Å². The maximum Gasteiger partial charge on any atom is 0.184 e. The van der Waals surface area contributed by atoms with Gasteiger partial charge in [0.05, 0.1) is 10.4 Å². The number of fused-ring (bicyclic) bond motifs is 1. The third kappa shape index (κ3) is 8.95. The van der Waals surface area contributed by atoms with Crippen LogP contribution in [-0.4, -0.2) is 23.9 Å². The van der Waals surface area contributed by atoms with E-state index >= 15 is 0 Å². The number of thioether (sulfide) groups is 1. The monoisotopic (exact) mass is 804 g/mol. The molecule has 0 aromatic heterocycles. The lowest BCUT2D eigenvalue weighted by molar-refractivity contribution is -0.110. The number of hydrogen-bond donors (Lipinski definition) is 0. The Kier molecular flexibility index (Phi) is 12.6. The first kappa shape index (κ1) is 40.4. The molecule has 8 rings (SSSR count). The molecule has 1 heterocycles. The molecule has 0 radical (unpaired) electrons. The van der Waals surface area contributed by atoms with Gasteiger partial charge in [0.2, 0.25) is 0 Å². The first-order chi connectivity index (χ1) is 29.4. The average Bonchev–Trinajstić information content (AvgIpc) is 3.30. The molecule has 0 N–H and O–H groups in total. The van der Waals surface area contributed by atoms with E-state index in [2.05, 4.69) is 217 Å². The molecule has 0 saturated heterocycles. The number of hydrogen-bond acceptors (Lipinski definition) is 6. The predicted molar refractivity (Wildman–Crippen MR) is 254 cm³/mol. The Bertz CT molecular complexity index is 2290. The van der Waals surface area contributed by atoms with Gasteiger partial charge in [-0.15, -0.1) is 0 Å². The van der Waals surface area contributed by atoms with Crippen LogP contribution in [0.1, 0.15) is 59.7 Å². The highest BCUT2D eigenvalue weighted by molar-refractivity contribution is 8.16. The molecule has 0 saturated carbocycles. The fourth-order valence-electron chi connectivity index (χ4n) is 8.28. The second-order valence-electron chi connectivity index (χ2n) is 15.4. The van der Waals surface area contributed by atoms with Crippen molar-refractivity contribution in [1.82, 2.24) is 0 Å². The second kappa shape index (κ2) is 18.7. The SMILES string of the molecule is CCN(CC)c1ccc2c(c1)N=C(C(C)=O)SC2(c1ccc(N(Cc2ccccc2)Cc2ccccc2)cc1)c1ccc(N(Cc2ccccc2)Cc2ccccc2)cc1. The molecule has 7 aromatic rings. The van der Waals surface area contributed by atoms with Crippen LogP contribution in [0.25, 0.3) is 0 Å². The molecule has 0 amide bonds. The Morgan fingerprint density at radius 2 is 0.850 bits per heavy atom. The van der Waals surface area contributed by atoms with Gasteiger partial charge in [-0.25, -0.2) is 4.99 Å². The first-order valence-electron chi connectivity index (χ1n) is 21.0. The van der Waals surface area contributed by atoms with Gasteiger partial charge in [0.1, 0.15) is 5.04 Å². The summed E-state index contributed by atoms with van der Waals surface area (Å²) in [7, 11) is 0. The zero-order valence-electron chi connectivity index (χ0n) is 34.7. The normalized spacial score (nSPS) is 12.9. The largest absolute Gasteiger partial charge is 0.372 e. The second-order valence-corrected chi connectivity index (χ2v) is 16.6. The number of carbonyl (C=O) groups is 1. The average molecular weight is 805 g/mol. The summed E-state index contributed by atoms with van der Waals surface area (Å²) in [5, 5.41) is 0.511. The molecule has 0 atom stereocenters. The van der Waals surface area contributed by atoms with Crippen LogP contribution in [0, 0.1) is 0 Å². The Balaban J connectivity index is 1.25. The molecule has 0 bridgehead atoms. The van der Waals surface area contributed by atoms with Crippen LogP contribution >= 0.6 is 11.8 Å². The lowest BCUT2D eigenvalue weighted by Crippen LogP contribution is -2.32. The van der Waals surface area contributed by atoms with E-state index in [-0.39, 0.29) is 5.78 Å². The lowest BCUT2D eigenvalue weighted by atomic mass is 9.82. The van der Waals surface area contributed by atoms with Crippen LogP contribution in [0.5, 0.6) is 0 Å². The molecule has 300 valence electrons. The minimum absolute atomic E-state index is 0.0368. The number of ketones is 1. The van der Waals surface area contributed by atoms with E-state index in [1.165, 1.54) is 22.3 Å². The summed E-state index contributed by atoms with van der Waals surface area (Å²) >= 11 is 1.56. The molecule has 0 spiro atoms. The van der Waals surface area contributed by atoms with Gasteiger partial charge in [-0.05, 0) is 83.6 Å². The third-order valence-corrected chi connectivity index (χ3v) is 13.0. The topological polar surface area (TPSA) is 39.2 Å². The highest BCUT2D eigenvalue weighted by Gasteiger charge is 2.44. The fourth-order valence-corrected chi connectivity index (χ4v) is 9.65. The maximum atomic E-state index is 13.5. The summed E-state index contributed by atoms with van der Waals surface area (Å²) in [6.07, 6.45) is 0. The molecule has 1 aliphatic heterocycles. The zero-order valence-corrected chi connectivity index (χ0v) is 35.6. The molecule has 7 aromatic carbocycles. The Morgan fingerprint density at radius 3 is 1.20 bits per heavy atom. The smallest absolute Gasteiger partial charge is 0.184 e. The van der Waals surface area contributed by atoms with Crippen LogP contribution in [0.3, 0.4) is 0 Å². The number of Topliss-reactive ketones (excluding diaryl/α,β-unsaturated/α-hetero) is 1. The zero-order chi connectivity index (χ0) is 41.3. The number of benzene rings is 7. The van der Waals surface area contributed by atoms with Crippen molar-refractivity contribution in [3.05, 3.63) is 227 Å². The lowest BCUT2D eigenvalue weighted by Gasteiger charge is -2.39. The van der Waals surface area contributed by atoms with Gasteiger partial charge in [0.15, 0.2) is 5.78 Å². The summed E-state index contributed by atoms with van der Waals surface area (Å²) in [4.78, 5) is 25.8. The molecular formula is C54H52N4OS. The van der Waals surface area contributed by atoms with Gasteiger partial charge in [-0.2, -0.15) is 0 Å². The van der Waals surface area contributed by atoms with E-state index in [4.69, 9.17) is 4.99 Å². The van der Waals surface area contributed by atoms with E-state index in [1.807, 2.05) is 0 Å². The number of rotatable bonds is 16. The van der Waals surface area contributed by atoms with Crippen molar-refractivity contribution in [2.45, 2.75) is 51.7 Å². The standard InChI is InChI=1S/C54H52N4OS/c1-4-56(5-2)50-34-35-51-52(36-50)55-53(41(3)59)60-54(51,46-26-30-48(31-27-46)57(37-42-18-10-6-11-19-42)38-43-20-12-7-13-21-43)47-28-32-49(33-29-47)58(39-44-22-14-8-15-23-44)40-45-24-16-9-17-25-45/h6-36H,4-5,37-40H2,1-3H3. The highest BCUT2D eigenvalue weighted by Crippen LogP contribution is 2.56. The van der Waals surface area contributed by atoms with Gasteiger partial charge < -0.3 is 14.7 Å². The Morgan fingerprint density at radius 1 is 0.483 bits per heavy atom. The van der Waals surface area contributed by atoms with Gasteiger partial charge in [0, 0.05) is 68.8 Å². The van der Waals surface area contributed by atoms with Crippen LogP contribution in [0.15, 0.2) is 193 Å². The quantitative estimate of drug-likeness (QED) is 0.0973.